The number of halogens is 1. The number of carbonyl (C=O) groups excluding carboxylic acids is 1. The van der Waals surface area contributed by atoms with E-state index in [-0.39, 0.29) is 23.6 Å². The van der Waals surface area contributed by atoms with E-state index in [1.165, 1.54) is 24.3 Å². The summed E-state index contributed by atoms with van der Waals surface area (Å²) in [5, 5.41) is 9.65. The number of carbonyl (C=O) groups is 1. The van der Waals surface area contributed by atoms with Crippen molar-refractivity contribution in [2.24, 2.45) is 5.92 Å². The zero-order chi connectivity index (χ0) is 13.8. The van der Waals surface area contributed by atoms with Gasteiger partial charge in [0.05, 0.1) is 6.10 Å². The molecule has 3 nitrogen and oxygen atoms in total. The van der Waals surface area contributed by atoms with Crippen molar-refractivity contribution in [3.8, 4) is 0 Å². The molecule has 0 bridgehead atoms. The van der Waals surface area contributed by atoms with Gasteiger partial charge >= 0.3 is 0 Å². The molecule has 4 heteroatoms. The first-order valence-electron chi connectivity index (χ1n) is 6.75. The lowest BCUT2D eigenvalue weighted by Gasteiger charge is -2.34. The molecule has 19 heavy (non-hydrogen) atoms. The third kappa shape index (κ3) is 3.85. The van der Waals surface area contributed by atoms with Crippen molar-refractivity contribution in [1.82, 2.24) is 4.90 Å². The summed E-state index contributed by atoms with van der Waals surface area (Å²) in [6.07, 6.45) is 0.990. The molecule has 1 fully saturated rings. The minimum Gasteiger partial charge on any atom is -0.393 e. The van der Waals surface area contributed by atoms with Gasteiger partial charge < -0.3 is 10.0 Å². The van der Waals surface area contributed by atoms with Gasteiger partial charge in [-0.05, 0) is 36.6 Å². The number of piperidine rings is 1. The van der Waals surface area contributed by atoms with E-state index in [0.29, 0.717) is 18.5 Å². The Kier molecular flexibility index (Phi) is 4.66. The molecule has 0 aromatic heterocycles. The van der Waals surface area contributed by atoms with Crippen LogP contribution in [0.1, 0.15) is 30.1 Å². The van der Waals surface area contributed by atoms with Crippen LogP contribution in [-0.4, -0.2) is 41.5 Å². The number of ketones is 1. The molecule has 0 spiro atoms. The monoisotopic (exact) mass is 265 g/mol. The number of Topliss-reactive ketones (excluding diaryl/α,β-unsaturated/α-hetero) is 1. The Morgan fingerprint density at radius 2 is 2.11 bits per heavy atom. The lowest BCUT2D eigenvalue weighted by atomic mass is 9.96. The van der Waals surface area contributed by atoms with Gasteiger partial charge in [-0.15, -0.1) is 0 Å². The van der Waals surface area contributed by atoms with E-state index in [1.54, 1.807) is 0 Å². The SMILES string of the molecule is CC1CN(CCC(=O)c2ccc(F)cc2)CCC1O. The fourth-order valence-electron chi connectivity index (χ4n) is 2.46. The highest BCUT2D eigenvalue weighted by Crippen LogP contribution is 2.17. The molecule has 2 atom stereocenters. The third-order valence-electron chi connectivity index (χ3n) is 3.77. The molecule has 0 amide bonds. The summed E-state index contributed by atoms with van der Waals surface area (Å²) in [4.78, 5) is 14.2. The maximum Gasteiger partial charge on any atom is 0.164 e. The van der Waals surface area contributed by atoms with E-state index in [9.17, 15) is 14.3 Å². The van der Waals surface area contributed by atoms with Crippen LogP contribution in [0.3, 0.4) is 0 Å². The average Bonchev–Trinajstić information content (AvgIpc) is 2.40. The first kappa shape index (κ1) is 14.2. The fourth-order valence-corrected chi connectivity index (χ4v) is 2.46. The first-order valence-corrected chi connectivity index (χ1v) is 6.75. The molecule has 0 saturated carbocycles. The van der Waals surface area contributed by atoms with E-state index >= 15 is 0 Å². The summed E-state index contributed by atoms with van der Waals surface area (Å²) >= 11 is 0. The highest BCUT2D eigenvalue weighted by molar-refractivity contribution is 5.96. The van der Waals surface area contributed by atoms with Crippen LogP contribution in [0.2, 0.25) is 0 Å². The van der Waals surface area contributed by atoms with Gasteiger partial charge in [-0.1, -0.05) is 6.92 Å². The fraction of sp³-hybridized carbons (Fsp3) is 0.533. The van der Waals surface area contributed by atoms with Gasteiger partial charge in [0.2, 0.25) is 0 Å². The summed E-state index contributed by atoms with van der Waals surface area (Å²) in [7, 11) is 0. The molecule has 1 aromatic rings. The van der Waals surface area contributed by atoms with E-state index in [1.807, 2.05) is 6.92 Å². The van der Waals surface area contributed by atoms with E-state index < -0.39 is 0 Å². The first-order chi connectivity index (χ1) is 9.06. The summed E-state index contributed by atoms with van der Waals surface area (Å²) < 4.78 is 12.8. The third-order valence-corrected chi connectivity index (χ3v) is 3.77. The van der Waals surface area contributed by atoms with Crippen molar-refractivity contribution >= 4 is 5.78 Å². The smallest absolute Gasteiger partial charge is 0.164 e. The number of aliphatic hydroxyl groups is 1. The molecule has 1 aromatic carbocycles. The normalized spacial score (nSPS) is 24.4. The van der Waals surface area contributed by atoms with Crippen molar-refractivity contribution in [2.75, 3.05) is 19.6 Å². The number of likely N-dealkylation sites (tertiary alicyclic amines) is 1. The van der Waals surface area contributed by atoms with Crippen LogP contribution in [0.4, 0.5) is 4.39 Å². The molecular formula is C15H20FNO2. The van der Waals surface area contributed by atoms with Crippen molar-refractivity contribution in [2.45, 2.75) is 25.9 Å². The van der Waals surface area contributed by atoms with Crippen LogP contribution < -0.4 is 0 Å². The predicted octanol–water partition coefficient (Wildman–Crippen LogP) is 2.10. The van der Waals surface area contributed by atoms with Gasteiger partial charge in [-0.3, -0.25) is 4.79 Å². The van der Waals surface area contributed by atoms with Crippen LogP contribution in [0, 0.1) is 11.7 Å². The zero-order valence-corrected chi connectivity index (χ0v) is 11.2. The standard InChI is InChI=1S/C15H20FNO2/c1-11-10-17(8-6-14(11)18)9-7-15(19)12-2-4-13(16)5-3-12/h2-5,11,14,18H,6-10H2,1H3. The number of hydrogen-bond donors (Lipinski definition) is 1. The Balaban J connectivity index is 1.82. The van der Waals surface area contributed by atoms with Gasteiger partial charge in [0.1, 0.15) is 5.82 Å². The van der Waals surface area contributed by atoms with Gasteiger partial charge in [-0.25, -0.2) is 4.39 Å². The van der Waals surface area contributed by atoms with Crippen molar-refractivity contribution in [3.05, 3.63) is 35.6 Å². The van der Waals surface area contributed by atoms with Crippen LogP contribution in [0.25, 0.3) is 0 Å². The van der Waals surface area contributed by atoms with E-state index in [0.717, 1.165) is 19.5 Å². The Hall–Kier alpha value is -1.26. The Labute approximate surface area is 113 Å². The Morgan fingerprint density at radius 3 is 2.74 bits per heavy atom. The average molecular weight is 265 g/mol. The van der Waals surface area contributed by atoms with Crippen molar-refractivity contribution < 1.29 is 14.3 Å². The predicted molar refractivity (Wildman–Crippen MR) is 71.6 cm³/mol. The molecule has 1 N–H and O–H groups in total. The van der Waals surface area contributed by atoms with E-state index in [2.05, 4.69) is 4.90 Å². The maximum absolute atomic E-state index is 12.8. The zero-order valence-electron chi connectivity index (χ0n) is 11.2. The van der Waals surface area contributed by atoms with Gasteiger partial charge in [0, 0.05) is 31.6 Å². The topological polar surface area (TPSA) is 40.5 Å². The Morgan fingerprint density at radius 1 is 1.42 bits per heavy atom. The molecule has 1 saturated heterocycles. The van der Waals surface area contributed by atoms with Crippen molar-refractivity contribution in [1.29, 1.82) is 0 Å². The number of hydrogen-bond acceptors (Lipinski definition) is 3. The van der Waals surface area contributed by atoms with Crippen molar-refractivity contribution in [3.63, 3.8) is 0 Å². The molecule has 1 aliphatic heterocycles. The molecule has 2 unspecified atom stereocenters. The minimum absolute atomic E-state index is 0.0405. The lowest BCUT2D eigenvalue weighted by Crippen LogP contribution is -2.42. The lowest BCUT2D eigenvalue weighted by molar-refractivity contribution is 0.0346. The molecule has 0 aliphatic carbocycles. The molecular weight excluding hydrogens is 245 g/mol. The largest absolute Gasteiger partial charge is 0.393 e. The van der Waals surface area contributed by atoms with Gasteiger partial charge in [0.25, 0.3) is 0 Å². The van der Waals surface area contributed by atoms with Gasteiger partial charge in [0.15, 0.2) is 5.78 Å². The Bertz CT molecular complexity index is 432. The van der Waals surface area contributed by atoms with E-state index in [4.69, 9.17) is 0 Å². The highest BCUT2D eigenvalue weighted by atomic mass is 19.1. The molecule has 1 aliphatic rings. The minimum atomic E-state index is -0.324. The second kappa shape index (κ2) is 6.26. The second-order valence-corrected chi connectivity index (χ2v) is 5.31. The quantitative estimate of drug-likeness (QED) is 0.848. The summed E-state index contributed by atoms with van der Waals surface area (Å²) in [6.45, 7) is 4.39. The van der Waals surface area contributed by atoms with Gasteiger partial charge in [-0.2, -0.15) is 0 Å². The molecule has 104 valence electrons. The second-order valence-electron chi connectivity index (χ2n) is 5.31. The number of benzene rings is 1. The highest BCUT2D eigenvalue weighted by Gasteiger charge is 2.24. The molecule has 0 radical (unpaired) electrons. The molecule has 1 heterocycles. The maximum atomic E-state index is 12.8. The van der Waals surface area contributed by atoms with Crippen LogP contribution in [0.15, 0.2) is 24.3 Å². The summed E-state index contributed by atoms with van der Waals surface area (Å²) in [5.41, 5.74) is 0.562. The van der Waals surface area contributed by atoms with Crippen LogP contribution >= 0.6 is 0 Å². The number of nitrogens with zero attached hydrogens (tertiary/aromatic N) is 1. The van der Waals surface area contributed by atoms with Crippen LogP contribution in [0.5, 0.6) is 0 Å². The molecule has 2 rings (SSSR count). The number of rotatable bonds is 4. The number of aliphatic hydroxyl groups excluding tert-OH is 1. The summed E-state index contributed by atoms with van der Waals surface area (Å²) in [6, 6.07) is 5.68. The van der Waals surface area contributed by atoms with Crippen LogP contribution in [-0.2, 0) is 0 Å². The summed E-state index contributed by atoms with van der Waals surface area (Å²) in [5.74, 6) is -0.0242.